The van der Waals surface area contributed by atoms with Crippen LogP contribution in [0.4, 0.5) is 14.5 Å². The second kappa shape index (κ2) is 11.0. The Kier molecular flexibility index (Phi) is 7.54. The lowest BCUT2D eigenvalue weighted by molar-refractivity contribution is 0.100. The third-order valence-corrected chi connectivity index (χ3v) is 7.95. The van der Waals surface area contributed by atoms with Crippen molar-refractivity contribution in [2.45, 2.75) is 46.3 Å². The molecule has 0 atom stereocenters. The number of hydrogen-bond acceptors (Lipinski definition) is 7. The fourth-order valence-corrected chi connectivity index (χ4v) is 5.44. The Morgan fingerprint density at radius 3 is 2.45 bits per heavy atom. The molecule has 5 aromatic rings. The molecule has 0 spiro atoms. The minimum absolute atomic E-state index is 0.0176. The number of nitrogens with zero attached hydrogens (tertiary/aromatic N) is 5. The smallest absolute Gasteiger partial charge is 0.280 e. The summed E-state index contributed by atoms with van der Waals surface area (Å²) < 4.78 is 36.4. The lowest BCUT2D eigenvalue weighted by atomic mass is 9.87. The highest BCUT2D eigenvalue weighted by Gasteiger charge is 2.27. The van der Waals surface area contributed by atoms with Gasteiger partial charge in [0.2, 0.25) is 0 Å². The average Bonchev–Trinajstić information content (AvgIpc) is 3.65. The first-order valence-electron chi connectivity index (χ1n) is 13.0. The molecule has 0 saturated heterocycles. The highest BCUT2D eigenvalue weighted by Crippen LogP contribution is 2.43. The highest BCUT2D eigenvalue weighted by atomic mass is 32.1. The number of anilines is 1. The number of ether oxygens (including phenoxy) is 1. The Balaban J connectivity index is 1.45. The van der Waals surface area contributed by atoms with Crippen LogP contribution in [0, 0.1) is 6.92 Å². The SMILES string of the molecule is Cc1c(-c2cc(C(F)F)nc3sc(C(N)=O)c(NC(=O)c4ccn(COc5ccc(C(C)(C)C)cc5)n4)c23)cnn1C. The number of amides is 2. The summed E-state index contributed by atoms with van der Waals surface area (Å²) in [7, 11) is 1.72. The molecule has 1 aromatic carbocycles. The Morgan fingerprint density at radius 1 is 1.14 bits per heavy atom. The molecule has 0 aliphatic carbocycles. The predicted octanol–water partition coefficient (Wildman–Crippen LogP) is 5.82. The standard InChI is InChI=1S/C29H29F2N7O3S/c1-15-19(13-33-37(15)5)18-12-21(25(30)31)34-28-22(18)23(24(42-28)26(32)39)35-27(40)20-10-11-38(36-20)14-41-17-8-6-16(7-9-17)29(2,3)4/h6-13,25H,14H2,1-5H3,(H2,32,39)(H,35,40). The number of nitrogens with two attached hydrogens (primary N) is 1. The monoisotopic (exact) mass is 593 g/mol. The molecule has 2 amide bonds. The van der Waals surface area contributed by atoms with Gasteiger partial charge in [-0.2, -0.15) is 10.2 Å². The number of primary amides is 1. The normalized spacial score (nSPS) is 11.8. The third-order valence-electron chi connectivity index (χ3n) is 6.85. The second-order valence-electron chi connectivity index (χ2n) is 10.8. The summed E-state index contributed by atoms with van der Waals surface area (Å²) in [5, 5.41) is 11.5. The minimum atomic E-state index is -2.86. The zero-order valence-electron chi connectivity index (χ0n) is 23.6. The lowest BCUT2D eigenvalue weighted by Crippen LogP contribution is -2.18. The van der Waals surface area contributed by atoms with Crippen molar-refractivity contribution >= 4 is 39.1 Å². The number of halogens is 2. The summed E-state index contributed by atoms with van der Waals surface area (Å²) in [4.78, 5) is 29.9. The molecule has 0 aliphatic heterocycles. The largest absolute Gasteiger partial charge is 0.471 e. The number of thiophene rings is 1. The van der Waals surface area contributed by atoms with Crippen molar-refractivity contribution in [3.05, 3.63) is 76.3 Å². The van der Waals surface area contributed by atoms with Crippen LogP contribution in [0.15, 0.2) is 48.8 Å². The first-order valence-corrected chi connectivity index (χ1v) is 13.8. The number of aromatic nitrogens is 5. The predicted molar refractivity (Wildman–Crippen MR) is 156 cm³/mol. The van der Waals surface area contributed by atoms with E-state index in [2.05, 4.69) is 41.3 Å². The van der Waals surface area contributed by atoms with Crippen molar-refractivity contribution in [3.8, 4) is 16.9 Å². The van der Waals surface area contributed by atoms with Gasteiger partial charge in [0.1, 0.15) is 21.2 Å². The number of aryl methyl sites for hydroxylation is 1. The van der Waals surface area contributed by atoms with Gasteiger partial charge in [-0.25, -0.2) is 18.4 Å². The maximum absolute atomic E-state index is 13.8. The number of rotatable bonds is 8. The molecule has 0 fully saturated rings. The molecule has 0 radical (unpaired) electrons. The van der Waals surface area contributed by atoms with E-state index in [0.29, 0.717) is 28.0 Å². The Hall–Kier alpha value is -4.65. The van der Waals surface area contributed by atoms with Gasteiger partial charge in [-0.15, -0.1) is 11.3 Å². The highest BCUT2D eigenvalue weighted by molar-refractivity contribution is 7.21. The average molecular weight is 594 g/mol. The number of hydrogen-bond donors (Lipinski definition) is 2. The van der Waals surface area contributed by atoms with Crippen LogP contribution in [0.3, 0.4) is 0 Å². The van der Waals surface area contributed by atoms with Crippen LogP contribution in [0.2, 0.25) is 0 Å². The third kappa shape index (κ3) is 5.59. The Morgan fingerprint density at radius 2 is 1.86 bits per heavy atom. The van der Waals surface area contributed by atoms with Gasteiger partial charge in [-0.05, 0) is 47.7 Å². The van der Waals surface area contributed by atoms with E-state index >= 15 is 0 Å². The number of carbonyl (C=O) groups excluding carboxylic acids is 2. The number of fused-ring (bicyclic) bond motifs is 1. The molecule has 4 aromatic heterocycles. The molecule has 0 aliphatic rings. The zero-order chi connectivity index (χ0) is 30.3. The van der Waals surface area contributed by atoms with E-state index in [1.54, 1.807) is 24.9 Å². The quantitative estimate of drug-likeness (QED) is 0.233. The van der Waals surface area contributed by atoms with E-state index in [4.69, 9.17) is 10.5 Å². The molecule has 0 unspecified atom stereocenters. The van der Waals surface area contributed by atoms with Crippen LogP contribution >= 0.6 is 11.3 Å². The topological polar surface area (TPSA) is 130 Å². The maximum Gasteiger partial charge on any atom is 0.280 e. The van der Waals surface area contributed by atoms with Crippen molar-refractivity contribution in [3.63, 3.8) is 0 Å². The van der Waals surface area contributed by atoms with E-state index < -0.39 is 23.9 Å². The van der Waals surface area contributed by atoms with E-state index in [-0.39, 0.29) is 33.2 Å². The molecule has 0 saturated carbocycles. The van der Waals surface area contributed by atoms with Crippen LogP contribution in [0.5, 0.6) is 5.75 Å². The minimum Gasteiger partial charge on any atom is -0.471 e. The van der Waals surface area contributed by atoms with Gasteiger partial charge in [-0.1, -0.05) is 32.9 Å². The maximum atomic E-state index is 13.8. The number of nitrogens with one attached hydrogen (secondary N) is 1. The first-order chi connectivity index (χ1) is 19.8. The summed E-state index contributed by atoms with van der Waals surface area (Å²) in [5.74, 6) is -0.816. The fourth-order valence-electron chi connectivity index (χ4n) is 4.42. The van der Waals surface area contributed by atoms with Crippen LogP contribution in [0.25, 0.3) is 21.3 Å². The van der Waals surface area contributed by atoms with E-state index in [1.165, 1.54) is 28.6 Å². The molecule has 42 heavy (non-hydrogen) atoms. The van der Waals surface area contributed by atoms with Crippen molar-refractivity contribution < 1.29 is 23.1 Å². The van der Waals surface area contributed by atoms with E-state index in [0.717, 1.165) is 11.3 Å². The lowest BCUT2D eigenvalue weighted by Gasteiger charge is -2.19. The van der Waals surface area contributed by atoms with Crippen molar-refractivity contribution in [2.75, 3.05) is 5.32 Å². The van der Waals surface area contributed by atoms with Gasteiger partial charge >= 0.3 is 0 Å². The Labute approximate surface area is 244 Å². The number of carbonyl (C=O) groups is 2. The van der Waals surface area contributed by atoms with Gasteiger partial charge in [0.05, 0.1) is 11.9 Å². The second-order valence-corrected chi connectivity index (χ2v) is 11.8. The molecular weight excluding hydrogens is 564 g/mol. The molecule has 10 nitrogen and oxygen atoms in total. The van der Waals surface area contributed by atoms with E-state index in [1.807, 2.05) is 24.3 Å². The van der Waals surface area contributed by atoms with E-state index in [9.17, 15) is 18.4 Å². The van der Waals surface area contributed by atoms with Crippen LogP contribution < -0.4 is 15.8 Å². The fraction of sp³-hybridized carbons (Fsp3) is 0.276. The van der Waals surface area contributed by atoms with Crippen molar-refractivity contribution in [1.82, 2.24) is 24.5 Å². The molecule has 5 rings (SSSR count). The van der Waals surface area contributed by atoms with Gasteiger partial charge in [-0.3, -0.25) is 14.3 Å². The molecule has 0 bridgehead atoms. The summed E-state index contributed by atoms with van der Waals surface area (Å²) in [5.41, 5.74) is 8.07. The molecule has 3 N–H and O–H groups in total. The van der Waals surface area contributed by atoms with Gasteiger partial charge in [0.25, 0.3) is 18.2 Å². The van der Waals surface area contributed by atoms with Gasteiger partial charge in [0, 0.05) is 29.9 Å². The Bertz CT molecular complexity index is 1800. The molecule has 4 heterocycles. The number of pyridine rings is 1. The van der Waals surface area contributed by atoms with Crippen molar-refractivity contribution in [2.24, 2.45) is 12.8 Å². The van der Waals surface area contributed by atoms with Crippen LogP contribution in [-0.4, -0.2) is 36.4 Å². The summed E-state index contributed by atoms with van der Waals surface area (Å²) in [6, 6.07) is 10.5. The summed E-state index contributed by atoms with van der Waals surface area (Å²) >= 11 is 0.829. The zero-order valence-corrected chi connectivity index (χ0v) is 24.4. The molecule has 218 valence electrons. The molecular formula is C29H29F2N7O3S. The number of alkyl halides is 2. The van der Waals surface area contributed by atoms with Crippen LogP contribution in [0.1, 0.15) is 64.3 Å². The summed E-state index contributed by atoms with van der Waals surface area (Å²) in [6.45, 7) is 8.22. The number of benzene rings is 1. The molecule has 13 heteroatoms. The first kappa shape index (κ1) is 28.9. The van der Waals surface area contributed by atoms with Crippen LogP contribution in [-0.2, 0) is 19.2 Å². The summed E-state index contributed by atoms with van der Waals surface area (Å²) in [6.07, 6.45) is 0.259. The van der Waals surface area contributed by atoms with Gasteiger partial charge in [0.15, 0.2) is 12.4 Å². The van der Waals surface area contributed by atoms with Crippen molar-refractivity contribution in [1.29, 1.82) is 0 Å². The van der Waals surface area contributed by atoms with Gasteiger partial charge < -0.3 is 15.8 Å².